The number of aliphatic hydroxyl groups is 2. The van der Waals surface area contributed by atoms with Gasteiger partial charge in [0, 0.05) is 20.3 Å². The summed E-state index contributed by atoms with van der Waals surface area (Å²) in [5, 5.41) is 18.9. The van der Waals surface area contributed by atoms with Crippen LogP contribution in [-0.2, 0) is 9.47 Å². The molecule has 5 nitrogen and oxygen atoms in total. The molecule has 1 aliphatic rings. The van der Waals surface area contributed by atoms with E-state index in [1.165, 1.54) is 0 Å². The smallest absolute Gasteiger partial charge is 0.0900 e. The molecule has 0 radical (unpaired) electrons. The van der Waals surface area contributed by atoms with Crippen LogP contribution in [0.1, 0.15) is 19.8 Å². The lowest BCUT2D eigenvalue weighted by atomic mass is 9.98. The van der Waals surface area contributed by atoms with Crippen molar-refractivity contribution in [3.63, 3.8) is 0 Å². The maximum atomic E-state index is 9.88. The zero-order chi connectivity index (χ0) is 13.4. The van der Waals surface area contributed by atoms with Crippen LogP contribution in [0.4, 0.5) is 0 Å². The van der Waals surface area contributed by atoms with E-state index in [4.69, 9.17) is 14.6 Å². The summed E-state index contributed by atoms with van der Waals surface area (Å²) in [4.78, 5) is 2.24. The van der Waals surface area contributed by atoms with Gasteiger partial charge in [0.1, 0.15) is 0 Å². The van der Waals surface area contributed by atoms with Gasteiger partial charge in [0.2, 0.25) is 0 Å². The second-order valence-corrected chi connectivity index (χ2v) is 5.18. The van der Waals surface area contributed by atoms with Crippen LogP contribution in [0.2, 0.25) is 0 Å². The average Bonchev–Trinajstić information content (AvgIpc) is 2.38. The molecule has 0 spiro atoms. The van der Waals surface area contributed by atoms with Gasteiger partial charge in [0.05, 0.1) is 25.4 Å². The molecule has 0 amide bonds. The van der Waals surface area contributed by atoms with Crippen molar-refractivity contribution in [3.05, 3.63) is 0 Å². The number of hydrogen-bond acceptors (Lipinski definition) is 5. The number of piperidine rings is 1. The van der Waals surface area contributed by atoms with Gasteiger partial charge in [-0.05, 0) is 38.8 Å². The van der Waals surface area contributed by atoms with Crippen LogP contribution < -0.4 is 0 Å². The Hall–Kier alpha value is -0.200. The molecule has 0 aromatic carbocycles. The molecule has 2 unspecified atom stereocenters. The number of rotatable bonds is 8. The minimum absolute atomic E-state index is 0.0183. The predicted molar refractivity (Wildman–Crippen MR) is 69.5 cm³/mol. The summed E-state index contributed by atoms with van der Waals surface area (Å²) in [6.07, 6.45) is 1.61. The van der Waals surface area contributed by atoms with Crippen molar-refractivity contribution in [1.29, 1.82) is 0 Å². The minimum atomic E-state index is -0.449. The Morgan fingerprint density at radius 3 is 2.50 bits per heavy atom. The average molecular weight is 261 g/mol. The third-order valence-electron chi connectivity index (χ3n) is 3.41. The first kappa shape index (κ1) is 15.9. The van der Waals surface area contributed by atoms with E-state index in [9.17, 15) is 5.11 Å². The zero-order valence-electron chi connectivity index (χ0n) is 11.5. The van der Waals surface area contributed by atoms with Crippen LogP contribution in [0, 0.1) is 5.92 Å². The van der Waals surface area contributed by atoms with E-state index >= 15 is 0 Å². The molecule has 0 aliphatic carbocycles. The Kier molecular flexibility index (Phi) is 7.77. The largest absolute Gasteiger partial charge is 0.396 e. The lowest BCUT2D eigenvalue weighted by Gasteiger charge is -2.32. The molecule has 1 rings (SSSR count). The van der Waals surface area contributed by atoms with Crippen molar-refractivity contribution < 1.29 is 19.7 Å². The number of likely N-dealkylation sites (tertiary alicyclic amines) is 1. The third-order valence-corrected chi connectivity index (χ3v) is 3.41. The van der Waals surface area contributed by atoms with E-state index in [2.05, 4.69) is 4.90 Å². The van der Waals surface area contributed by atoms with E-state index in [1.54, 1.807) is 7.11 Å². The van der Waals surface area contributed by atoms with E-state index in [0.717, 1.165) is 25.9 Å². The van der Waals surface area contributed by atoms with Gasteiger partial charge < -0.3 is 24.6 Å². The molecule has 0 bridgehead atoms. The lowest BCUT2D eigenvalue weighted by Crippen LogP contribution is -2.41. The molecule has 1 aliphatic heterocycles. The summed E-state index contributed by atoms with van der Waals surface area (Å²) >= 11 is 0. The Morgan fingerprint density at radius 2 is 1.94 bits per heavy atom. The van der Waals surface area contributed by atoms with E-state index in [1.807, 2.05) is 6.92 Å². The molecule has 2 atom stereocenters. The highest BCUT2D eigenvalue weighted by Gasteiger charge is 2.20. The van der Waals surface area contributed by atoms with E-state index in [-0.39, 0.29) is 12.7 Å². The van der Waals surface area contributed by atoms with Gasteiger partial charge in [-0.1, -0.05) is 0 Å². The Bertz CT molecular complexity index is 207. The molecule has 108 valence electrons. The van der Waals surface area contributed by atoms with Crippen molar-refractivity contribution in [1.82, 2.24) is 4.90 Å². The molecule has 1 fully saturated rings. The summed E-state index contributed by atoms with van der Waals surface area (Å²) in [5.41, 5.74) is 0. The Labute approximate surface area is 110 Å². The molecule has 0 saturated carbocycles. The molecule has 0 aromatic heterocycles. The molecule has 0 aromatic rings. The Morgan fingerprint density at radius 1 is 1.28 bits per heavy atom. The predicted octanol–water partition coefficient (Wildman–Crippen LogP) is 0.103. The van der Waals surface area contributed by atoms with Crippen molar-refractivity contribution in [3.8, 4) is 0 Å². The van der Waals surface area contributed by atoms with Gasteiger partial charge in [-0.3, -0.25) is 0 Å². The van der Waals surface area contributed by atoms with Gasteiger partial charge in [0.25, 0.3) is 0 Å². The molecule has 1 saturated heterocycles. The summed E-state index contributed by atoms with van der Waals surface area (Å²) in [6.45, 7) is 5.68. The second kappa shape index (κ2) is 8.82. The standard InChI is InChI=1S/C13H27NO4/c1-11(9-17-2)18-10-13(16)7-14-5-3-12(8-15)4-6-14/h11-13,15-16H,3-10H2,1-2H3. The topological polar surface area (TPSA) is 62.2 Å². The van der Waals surface area contributed by atoms with Gasteiger partial charge in [-0.15, -0.1) is 0 Å². The molecule has 2 N–H and O–H groups in total. The number of β-amino-alcohol motifs (C(OH)–C–C–N with tert-alkyl or cyclic N) is 1. The fourth-order valence-electron chi connectivity index (χ4n) is 2.26. The normalized spacial score (nSPS) is 22.0. The highest BCUT2D eigenvalue weighted by Crippen LogP contribution is 2.16. The van der Waals surface area contributed by atoms with Crippen LogP contribution in [0.5, 0.6) is 0 Å². The third kappa shape index (κ3) is 6.11. The summed E-state index contributed by atoms with van der Waals surface area (Å²) in [7, 11) is 1.64. The van der Waals surface area contributed by atoms with Gasteiger partial charge in [-0.2, -0.15) is 0 Å². The number of hydrogen-bond donors (Lipinski definition) is 2. The first-order valence-corrected chi connectivity index (χ1v) is 6.77. The first-order valence-electron chi connectivity index (χ1n) is 6.77. The van der Waals surface area contributed by atoms with E-state index in [0.29, 0.717) is 25.7 Å². The summed E-state index contributed by atoms with van der Waals surface area (Å²) in [6, 6.07) is 0. The quantitative estimate of drug-likeness (QED) is 0.649. The van der Waals surface area contributed by atoms with Gasteiger partial charge in [0.15, 0.2) is 0 Å². The number of methoxy groups -OCH3 is 1. The fourth-order valence-corrected chi connectivity index (χ4v) is 2.26. The Balaban J connectivity index is 2.11. The molecule has 18 heavy (non-hydrogen) atoms. The second-order valence-electron chi connectivity index (χ2n) is 5.18. The first-order chi connectivity index (χ1) is 8.65. The van der Waals surface area contributed by atoms with Crippen LogP contribution in [0.3, 0.4) is 0 Å². The maximum Gasteiger partial charge on any atom is 0.0900 e. The minimum Gasteiger partial charge on any atom is -0.396 e. The highest BCUT2D eigenvalue weighted by molar-refractivity contribution is 4.73. The van der Waals surface area contributed by atoms with Crippen LogP contribution in [0.25, 0.3) is 0 Å². The maximum absolute atomic E-state index is 9.88. The fraction of sp³-hybridized carbons (Fsp3) is 1.00. The van der Waals surface area contributed by atoms with E-state index < -0.39 is 6.10 Å². The molecular weight excluding hydrogens is 234 g/mol. The van der Waals surface area contributed by atoms with Crippen molar-refractivity contribution in [2.75, 3.05) is 46.6 Å². The molecule has 5 heteroatoms. The number of ether oxygens (including phenoxy) is 2. The number of nitrogens with zero attached hydrogens (tertiary/aromatic N) is 1. The summed E-state index contributed by atoms with van der Waals surface area (Å²) < 4.78 is 10.5. The number of aliphatic hydroxyl groups excluding tert-OH is 2. The lowest BCUT2D eigenvalue weighted by molar-refractivity contribution is -0.0422. The SMILES string of the molecule is COCC(C)OCC(O)CN1CCC(CO)CC1. The highest BCUT2D eigenvalue weighted by atomic mass is 16.5. The van der Waals surface area contributed by atoms with Crippen molar-refractivity contribution in [2.45, 2.75) is 32.0 Å². The monoisotopic (exact) mass is 261 g/mol. The molecular formula is C13H27NO4. The summed E-state index contributed by atoms with van der Waals surface area (Å²) in [5.74, 6) is 0.441. The van der Waals surface area contributed by atoms with Crippen LogP contribution >= 0.6 is 0 Å². The molecule has 1 heterocycles. The van der Waals surface area contributed by atoms with Gasteiger partial charge >= 0.3 is 0 Å². The van der Waals surface area contributed by atoms with Crippen LogP contribution in [0.15, 0.2) is 0 Å². The van der Waals surface area contributed by atoms with Crippen molar-refractivity contribution in [2.24, 2.45) is 5.92 Å². The van der Waals surface area contributed by atoms with Crippen LogP contribution in [-0.4, -0.2) is 73.9 Å². The van der Waals surface area contributed by atoms with Gasteiger partial charge in [-0.25, -0.2) is 0 Å². The zero-order valence-corrected chi connectivity index (χ0v) is 11.5. The van der Waals surface area contributed by atoms with Crippen molar-refractivity contribution >= 4 is 0 Å².